The van der Waals surface area contributed by atoms with E-state index in [9.17, 15) is 19.1 Å². The second-order valence-corrected chi connectivity index (χ2v) is 10.7. The van der Waals surface area contributed by atoms with Crippen LogP contribution in [-0.4, -0.2) is 57.0 Å². The van der Waals surface area contributed by atoms with Gasteiger partial charge >= 0.3 is 12.0 Å². The first-order chi connectivity index (χ1) is 22.1. The van der Waals surface area contributed by atoms with E-state index >= 15 is 0 Å². The lowest BCUT2D eigenvalue weighted by Gasteiger charge is -2.28. The Hall–Kier alpha value is -4.82. The highest BCUT2D eigenvalue weighted by atomic mass is 79.9. The molecule has 244 valence electrons. The molecule has 0 bridgehead atoms. The Morgan fingerprint density at radius 2 is 1.87 bits per heavy atom. The van der Waals surface area contributed by atoms with Crippen LogP contribution in [0.3, 0.4) is 0 Å². The van der Waals surface area contributed by atoms with Crippen LogP contribution in [-0.2, 0) is 16.1 Å². The number of aliphatic hydroxyl groups excluding tert-OH is 1. The second-order valence-electron chi connectivity index (χ2n) is 9.86. The zero-order valence-electron chi connectivity index (χ0n) is 25.6. The summed E-state index contributed by atoms with van der Waals surface area (Å²) >= 11 is 3.49. The molecule has 1 aliphatic heterocycles. The Bertz CT molecular complexity index is 1630. The number of hydrazone groups is 1. The Morgan fingerprint density at radius 1 is 1.09 bits per heavy atom. The van der Waals surface area contributed by atoms with Gasteiger partial charge in [-0.05, 0) is 77.3 Å². The van der Waals surface area contributed by atoms with E-state index in [0.29, 0.717) is 56.5 Å². The van der Waals surface area contributed by atoms with Gasteiger partial charge in [-0.2, -0.15) is 5.10 Å². The number of carbonyl (C=O) groups excluding carboxylic acids is 2. The number of methoxy groups -OCH3 is 2. The smallest absolute Gasteiger partial charge is 0.337 e. The molecule has 1 aliphatic rings. The first kappa shape index (κ1) is 34.1. The van der Waals surface area contributed by atoms with Gasteiger partial charge < -0.3 is 39.4 Å². The van der Waals surface area contributed by atoms with Crippen molar-refractivity contribution in [1.29, 1.82) is 0 Å². The molecule has 0 unspecified atom stereocenters. The van der Waals surface area contributed by atoms with Crippen LogP contribution in [0, 0.1) is 5.82 Å². The van der Waals surface area contributed by atoms with Crippen LogP contribution < -0.4 is 35.0 Å². The number of esters is 1. The predicted octanol–water partition coefficient (Wildman–Crippen LogP) is 4.70. The van der Waals surface area contributed by atoms with Crippen molar-refractivity contribution < 1.29 is 42.8 Å². The monoisotopic (exact) mass is 700 g/mol. The first-order valence-corrected chi connectivity index (χ1v) is 14.9. The highest BCUT2D eigenvalue weighted by Gasteiger charge is 2.32. The van der Waals surface area contributed by atoms with Crippen molar-refractivity contribution in [3.63, 3.8) is 0 Å². The highest BCUT2D eigenvalue weighted by Crippen LogP contribution is 2.35. The molecule has 4 N–H and O–H groups in total. The summed E-state index contributed by atoms with van der Waals surface area (Å²) in [5.41, 5.74) is 5.10. The predicted molar refractivity (Wildman–Crippen MR) is 170 cm³/mol. The van der Waals surface area contributed by atoms with E-state index < -0.39 is 24.3 Å². The molecule has 2 amide bonds. The van der Waals surface area contributed by atoms with Gasteiger partial charge in [0.1, 0.15) is 19.0 Å². The van der Waals surface area contributed by atoms with Gasteiger partial charge in [-0.1, -0.05) is 18.2 Å². The number of hydrogen-bond donors (Lipinski definition) is 4. The lowest BCUT2D eigenvalue weighted by atomic mass is 9.95. The molecule has 2 atom stereocenters. The summed E-state index contributed by atoms with van der Waals surface area (Å²) < 4.78 is 41.9. The average Bonchev–Trinajstić information content (AvgIpc) is 3.03. The van der Waals surface area contributed by atoms with Crippen molar-refractivity contribution in [3.05, 3.63) is 92.8 Å². The Balaban J connectivity index is 1.39. The maximum atomic E-state index is 13.5. The number of amides is 2. The molecular weight excluding hydrogens is 667 g/mol. The average molecular weight is 702 g/mol. The van der Waals surface area contributed by atoms with Crippen molar-refractivity contribution in [3.8, 4) is 23.0 Å². The molecule has 1 heterocycles. The summed E-state index contributed by atoms with van der Waals surface area (Å²) in [6, 6.07) is 13.3. The van der Waals surface area contributed by atoms with Crippen LogP contribution in [0.15, 0.2) is 75.4 Å². The number of allylic oxidation sites excluding steroid dienone is 1. The number of ether oxygens (including phenoxy) is 5. The summed E-state index contributed by atoms with van der Waals surface area (Å²) in [5, 5.41) is 19.9. The molecule has 0 aromatic heterocycles. The molecule has 4 rings (SSSR count). The van der Waals surface area contributed by atoms with Crippen LogP contribution in [0.25, 0.3) is 0 Å². The number of halogens is 2. The van der Waals surface area contributed by atoms with E-state index in [1.54, 1.807) is 56.3 Å². The van der Waals surface area contributed by atoms with Gasteiger partial charge in [-0.3, -0.25) is 5.43 Å². The third-order valence-corrected chi connectivity index (χ3v) is 7.35. The summed E-state index contributed by atoms with van der Waals surface area (Å²) in [7, 11) is 2.77. The minimum Gasteiger partial charge on any atom is -0.493 e. The number of urea groups is 1. The van der Waals surface area contributed by atoms with Crippen LogP contribution in [0.2, 0.25) is 0 Å². The fourth-order valence-electron chi connectivity index (χ4n) is 4.52. The van der Waals surface area contributed by atoms with Gasteiger partial charge in [-0.15, -0.1) is 0 Å². The number of rotatable bonds is 14. The number of hydrogen-bond acceptors (Lipinski definition) is 10. The summed E-state index contributed by atoms with van der Waals surface area (Å²) in [6.45, 7) is 3.69. The van der Waals surface area contributed by atoms with E-state index in [4.69, 9.17) is 23.7 Å². The van der Waals surface area contributed by atoms with Crippen molar-refractivity contribution in [2.24, 2.45) is 5.10 Å². The third kappa shape index (κ3) is 8.67. The number of nitrogens with one attached hydrogen (secondary N) is 3. The van der Waals surface area contributed by atoms with Gasteiger partial charge in [0.2, 0.25) is 0 Å². The van der Waals surface area contributed by atoms with E-state index in [0.717, 1.165) is 0 Å². The normalized spacial score (nSPS) is 15.1. The molecule has 0 aliphatic carbocycles. The van der Waals surface area contributed by atoms with Crippen LogP contribution in [0.1, 0.15) is 36.6 Å². The molecule has 0 radical (unpaired) electrons. The fraction of sp³-hybridized carbons (Fsp3) is 0.281. The lowest BCUT2D eigenvalue weighted by Crippen LogP contribution is -2.45. The van der Waals surface area contributed by atoms with Gasteiger partial charge in [0.15, 0.2) is 29.2 Å². The second kappa shape index (κ2) is 16.0. The van der Waals surface area contributed by atoms with Gasteiger partial charge in [0.25, 0.3) is 0 Å². The largest absolute Gasteiger partial charge is 0.493 e. The number of carbonyl (C=O) groups is 2. The van der Waals surface area contributed by atoms with Crippen molar-refractivity contribution >= 4 is 34.1 Å². The van der Waals surface area contributed by atoms with Crippen LogP contribution >= 0.6 is 15.9 Å². The van der Waals surface area contributed by atoms with Crippen molar-refractivity contribution in [2.45, 2.75) is 32.7 Å². The molecule has 0 spiro atoms. The zero-order chi connectivity index (χ0) is 33.2. The number of aliphatic hydroxyl groups is 1. The van der Waals surface area contributed by atoms with Gasteiger partial charge in [0, 0.05) is 15.7 Å². The SMILES string of the molecule is CCOc1cc([C@@H]2NC(=O)NC(C)=C2C(=O)OC)ccc1OC[C@@H](O)N/N=C\c1cc(OC)c(OCc2cccc(F)c2)cc1Br. The fourth-order valence-corrected chi connectivity index (χ4v) is 4.95. The minimum absolute atomic E-state index is 0.148. The summed E-state index contributed by atoms with van der Waals surface area (Å²) in [4.78, 5) is 24.6. The number of nitrogens with zero attached hydrogens (tertiary/aromatic N) is 1. The lowest BCUT2D eigenvalue weighted by molar-refractivity contribution is -0.136. The van der Waals surface area contributed by atoms with E-state index in [2.05, 4.69) is 37.1 Å². The molecule has 0 saturated heterocycles. The molecule has 12 nitrogen and oxygen atoms in total. The molecule has 14 heteroatoms. The summed E-state index contributed by atoms with van der Waals surface area (Å²) in [5.74, 6) is 0.631. The first-order valence-electron chi connectivity index (χ1n) is 14.1. The Labute approximate surface area is 273 Å². The van der Waals surface area contributed by atoms with Crippen LogP contribution in [0.4, 0.5) is 9.18 Å². The van der Waals surface area contributed by atoms with E-state index in [-0.39, 0.29) is 24.6 Å². The molecule has 3 aromatic rings. The third-order valence-electron chi connectivity index (χ3n) is 6.67. The van der Waals surface area contributed by atoms with Gasteiger partial charge in [-0.25, -0.2) is 14.0 Å². The summed E-state index contributed by atoms with van der Waals surface area (Å²) in [6.07, 6.45) is 0.286. The highest BCUT2D eigenvalue weighted by molar-refractivity contribution is 9.10. The molecule has 46 heavy (non-hydrogen) atoms. The standard InChI is InChI=1S/C32H34BrFN4O8/c1-5-44-26-12-20(30-29(31(40)43-4)18(2)36-32(41)37-30)9-10-24(26)46-17-28(39)38-35-15-21-13-25(42-3)27(14-23(21)33)45-16-19-7-6-8-22(34)11-19/h6-15,28,30,38-39H,5,16-17H2,1-4H3,(H2,36,37,41)/b35-15-/t28-,30+/m1/s1. The molecule has 0 fully saturated rings. The molecule has 0 saturated carbocycles. The van der Waals surface area contributed by atoms with Crippen molar-refractivity contribution in [2.75, 3.05) is 27.4 Å². The zero-order valence-corrected chi connectivity index (χ0v) is 27.1. The van der Waals surface area contributed by atoms with E-state index in [1.165, 1.54) is 32.6 Å². The van der Waals surface area contributed by atoms with Gasteiger partial charge in [0.05, 0.1) is 38.7 Å². The topological polar surface area (TPSA) is 149 Å². The molecule has 3 aromatic carbocycles. The Kier molecular flexibility index (Phi) is 11.8. The van der Waals surface area contributed by atoms with Crippen LogP contribution in [0.5, 0.6) is 23.0 Å². The minimum atomic E-state index is -1.19. The maximum Gasteiger partial charge on any atom is 0.337 e. The Morgan fingerprint density at radius 3 is 2.59 bits per heavy atom. The number of benzene rings is 3. The maximum absolute atomic E-state index is 13.5. The van der Waals surface area contributed by atoms with Crippen molar-refractivity contribution in [1.82, 2.24) is 16.1 Å². The van der Waals surface area contributed by atoms with E-state index in [1.807, 2.05) is 0 Å². The molecular formula is C32H34BrFN4O8. The quantitative estimate of drug-likeness (QED) is 0.0813.